The van der Waals surface area contributed by atoms with E-state index in [-0.39, 0.29) is 0 Å². The zero-order chi connectivity index (χ0) is 46.1. The maximum atomic E-state index is 7.96. The first kappa shape index (κ1) is 45.5. The first-order chi connectivity index (χ1) is 32.6. The van der Waals surface area contributed by atoms with Crippen molar-refractivity contribution >= 4 is 51.4 Å². The molecule has 0 saturated heterocycles. The molecule has 1 N–H and O–H groups in total. The number of hydrogen-bond acceptors (Lipinski definition) is 4. The molecule has 1 aliphatic heterocycles. The van der Waals surface area contributed by atoms with E-state index in [1.165, 1.54) is 50.9 Å². The Hall–Kier alpha value is -8.52. The zero-order valence-electron chi connectivity index (χ0n) is 37.6. The molecule has 0 unspecified atom stereocenters. The second kappa shape index (κ2) is 22.7. The summed E-state index contributed by atoms with van der Waals surface area (Å²) < 4.78 is 0. The third-order valence-corrected chi connectivity index (χ3v) is 11.3. The van der Waals surface area contributed by atoms with E-state index in [0.29, 0.717) is 0 Å². The molecule has 0 radical (unpaired) electrons. The molecule has 0 fully saturated rings. The van der Waals surface area contributed by atoms with Gasteiger partial charge in [0.25, 0.3) is 0 Å². The van der Waals surface area contributed by atoms with E-state index in [1.807, 2.05) is 44.3 Å². The standard InChI is InChI=1S/C58H46N4.C2H6.C2H2/c1-2-14-50(41-59)46-24-29-53(30-25-46)62(54-31-26-47(27-32-54)57-21-12-13-38-60-57)55-35-33-52(34-36-55)61-42-51(56-37-28-49(40-58(56)61)45-19-10-5-11-20-45)39-48(44-17-8-4-9-18-44)23-22-43-15-6-3-7-16-43;2*1-2/h2-21,23-41,59H,1,22,42H2;1-2H3;1-2H/b48-23+,50-14+,51-39+,59-41?;;. The molecule has 0 atom stereocenters. The van der Waals surface area contributed by atoms with Crippen molar-refractivity contribution in [2.24, 2.45) is 0 Å². The number of benzene rings is 7. The minimum Gasteiger partial charge on any atom is -0.336 e. The van der Waals surface area contributed by atoms with E-state index in [2.05, 4.69) is 228 Å². The Bertz CT molecular complexity index is 2930. The van der Waals surface area contributed by atoms with Crippen LogP contribution in [0.2, 0.25) is 0 Å². The van der Waals surface area contributed by atoms with Crippen LogP contribution in [0.1, 0.15) is 36.1 Å². The topological polar surface area (TPSA) is 43.2 Å². The second-order valence-corrected chi connectivity index (χ2v) is 15.2. The van der Waals surface area contributed by atoms with Gasteiger partial charge in [-0.3, -0.25) is 4.98 Å². The third-order valence-electron chi connectivity index (χ3n) is 11.3. The summed E-state index contributed by atoms with van der Waals surface area (Å²) in [4.78, 5) is 9.30. The fourth-order valence-electron chi connectivity index (χ4n) is 8.15. The van der Waals surface area contributed by atoms with Gasteiger partial charge in [0.1, 0.15) is 0 Å². The highest BCUT2D eigenvalue weighted by Gasteiger charge is 2.26. The monoisotopic (exact) mass is 854 g/mol. The minimum absolute atomic E-state index is 0.732. The molecule has 7 aromatic carbocycles. The second-order valence-electron chi connectivity index (χ2n) is 15.2. The van der Waals surface area contributed by atoms with Crippen LogP contribution < -0.4 is 9.80 Å². The van der Waals surface area contributed by atoms with E-state index < -0.39 is 0 Å². The van der Waals surface area contributed by atoms with Crippen molar-refractivity contribution < 1.29 is 0 Å². The van der Waals surface area contributed by atoms with Crippen molar-refractivity contribution in [1.29, 1.82) is 5.41 Å². The van der Waals surface area contributed by atoms with Crippen LogP contribution in [0.4, 0.5) is 28.4 Å². The SMILES string of the molecule is C#C.C=C/C=C(\C=N)c1ccc(N(c2ccc(-c3ccccn3)cc2)c2ccc(N3C/C(=C\C(=C/Cc4ccccc4)c4ccccc4)c4ccc(-c5ccccc5)cc43)cc2)cc1.CC. The van der Waals surface area contributed by atoms with Crippen LogP contribution in [0.5, 0.6) is 0 Å². The summed E-state index contributed by atoms with van der Waals surface area (Å²) >= 11 is 0. The lowest BCUT2D eigenvalue weighted by Gasteiger charge is -2.27. The third kappa shape index (κ3) is 10.6. The number of aromatic nitrogens is 1. The predicted molar refractivity (Wildman–Crippen MR) is 284 cm³/mol. The first-order valence-electron chi connectivity index (χ1n) is 22.3. The molecule has 2 heterocycles. The van der Waals surface area contributed by atoms with Gasteiger partial charge >= 0.3 is 0 Å². The number of hydrogen-bond donors (Lipinski definition) is 1. The molecule has 4 nitrogen and oxygen atoms in total. The fourth-order valence-corrected chi connectivity index (χ4v) is 8.15. The quantitative estimate of drug-likeness (QED) is 0.0714. The Labute approximate surface area is 391 Å². The van der Waals surface area contributed by atoms with Gasteiger partial charge in [0, 0.05) is 58.5 Å². The molecule has 0 spiro atoms. The Morgan fingerprint density at radius 2 is 1.18 bits per heavy atom. The molecular weight excluding hydrogens is 801 g/mol. The molecule has 8 aromatic rings. The number of rotatable bonds is 13. The lowest BCUT2D eigenvalue weighted by atomic mass is 9.96. The molecule has 0 bridgehead atoms. The molecule has 66 heavy (non-hydrogen) atoms. The van der Waals surface area contributed by atoms with Gasteiger partial charge in [0.2, 0.25) is 0 Å². The number of nitrogens with zero attached hydrogens (tertiary/aromatic N) is 3. The van der Waals surface area contributed by atoms with Crippen LogP contribution in [-0.4, -0.2) is 17.7 Å². The Balaban J connectivity index is 0.00000158. The van der Waals surface area contributed by atoms with Crippen LogP contribution >= 0.6 is 0 Å². The summed E-state index contributed by atoms with van der Waals surface area (Å²) in [5.74, 6) is 0. The minimum atomic E-state index is 0.732. The lowest BCUT2D eigenvalue weighted by molar-refractivity contribution is 1.16. The predicted octanol–water partition coefficient (Wildman–Crippen LogP) is 16.2. The summed E-state index contributed by atoms with van der Waals surface area (Å²) in [6, 6.07) is 70.7. The summed E-state index contributed by atoms with van der Waals surface area (Å²) in [5, 5.41) is 7.96. The van der Waals surface area contributed by atoms with Crippen molar-refractivity contribution in [2.45, 2.75) is 20.3 Å². The van der Waals surface area contributed by atoms with Gasteiger partial charge in [-0.15, -0.1) is 12.8 Å². The normalized spacial score (nSPS) is 12.5. The van der Waals surface area contributed by atoms with Crippen LogP contribution in [0, 0.1) is 18.3 Å². The van der Waals surface area contributed by atoms with Crippen molar-refractivity contribution in [1.82, 2.24) is 4.98 Å². The molecule has 0 aliphatic carbocycles. The van der Waals surface area contributed by atoms with Crippen LogP contribution in [-0.2, 0) is 6.42 Å². The molecule has 0 amide bonds. The van der Waals surface area contributed by atoms with Crippen molar-refractivity contribution in [3.8, 4) is 35.2 Å². The molecule has 1 aliphatic rings. The Morgan fingerprint density at radius 3 is 1.79 bits per heavy atom. The highest BCUT2D eigenvalue weighted by Crippen LogP contribution is 2.45. The van der Waals surface area contributed by atoms with E-state index in [1.54, 1.807) is 6.08 Å². The summed E-state index contributed by atoms with van der Waals surface area (Å²) in [5.41, 5.74) is 17.7. The van der Waals surface area contributed by atoms with E-state index >= 15 is 0 Å². The number of allylic oxidation sites excluding steroid dienone is 6. The number of terminal acetylenes is 1. The van der Waals surface area contributed by atoms with Gasteiger partial charge in [-0.1, -0.05) is 172 Å². The van der Waals surface area contributed by atoms with Gasteiger partial charge in [0.05, 0.1) is 5.69 Å². The molecule has 9 rings (SSSR count). The summed E-state index contributed by atoms with van der Waals surface area (Å²) in [6.07, 6.45) is 20.4. The van der Waals surface area contributed by atoms with Gasteiger partial charge in [-0.05, 0) is 124 Å². The van der Waals surface area contributed by atoms with Crippen molar-refractivity contribution in [3.63, 3.8) is 0 Å². The maximum absolute atomic E-state index is 7.96. The van der Waals surface area contributed by atoms with Crippen molar-refractivity contribution in [3.05, 3.63) is 260 Å². The van der Waals surface area contributed by atoms with Crippen LogP contribution in [0.3, 0.4) is 0 Å². The number of nitrogens with one attached hydrogen (secondary N) is 1. The molecule has 322 valence electrons. The van der Waals surface area contributed by atoms with Gasteiger partial charge in [-0.25, -0.2) is 0 Å². The van der Waals surface area contributed by atoms with Crippen LogP contribution in [0.15, 0.2) is 237 Å². The van der Waals surface area contributed by atoms with Gasteiger partial charge in [0.15, 0.2) is 0 Å². The first-order valence-corrected chi connectivity index (χ1v) is 22.3. The average molecular weight is 855 g/mol. The number of anilines is 5. The zero-order valence-corrected chi connectivity index (χ0v) is 37.6. The Kier molecular flexibility index (Phi) is 15.7. The van der Waals surface area contributed by atoms with E-state index in [9.17, 15) is 0 Å². The molecule has 4 heteroatoms. The van der Waals surface area contributed by atoms with E-state index in [4.69, 9.17) is 5.41 Å². The number of fused-ring (bicyclic) bond motifs is 1. The summed E-state index contributed by atoms with van der Waals surface area (Å²) in [7, 11) is 0. The molecular formula is C62H54N4. The van der Waals surface area contributed by atoms with Crippen LogP contribution in [0.25, 0.3) is 39.1 Å². The smallest absolute Gasteiger partial charge is 0.0701 e. The number of pyridine rings is 1. The summed E-state index contributed by atoms with van der Waals surface area (Å²) in [6.45, 7) is 8.57. The van der Waals surface area contributed by atoms with Crippen molar-refractivity contribution in [2.75, 3.05) is 16.3 Å². The molecule has 1 aromatic heterocycles. The van der Waals surface area contributed by atoms with Gasteiger partial charge in [-0.2, -0.15) is 0 Å². The highest BCUT2D eigenvalue weighted by atomic mass is 15.2. The van der Waals surface area contributed by atoms with E-state index in [0.717, 1.165) is 58.1 Å². The fraction of sp³-hybridized carbons (Fsp3) is 0.0645. The average Bonchev–Trinajstić information content (AvgIpc) is 3.77. The largest absolute Gasteiger partial charge is 0.336 e. The Morgan fingerprint density at radius 1 is 0.621 bits per heavy atom. The highest BCUT2D eigenvalue weighted by molar-refractivity contribution is 6.09. The van der Waals surface area contributed by atoms with Gasteiger partial charge < -0.3 is 15.2 Å². The molecule has 0 saturated carbocycles. The lowest BCUT2D eigenvalue weighted by Crippen LogP contribution is -2.14. The maximum Gasteiger partial charge on any atom is 0.0701 e.